The molecule has 5 heteroatoms. The number of methoxy groups -OCH3 is 1. The van der Waals surface area contributed by atoms with Crippen LogP contribution in [0.4, 0.5) is 0 Å². The molecule has 0 bridgehead atoms. The molecule has 0 fully saturated rings. The number of carbonyl (C=O) groups is 1. The molecule has 1 amide bonds. The topological polar surface area (TPSA) is 77.5 Å². The van der Waals surface area contributed by atoms with E-state index in [4.69, 9.17) is 14.9 Å². The van der Waals surface area contributed by atoms with Gasteiger partial charge in [0.25, 0.3) is 5.91 Å². The second kappa shape index (κ2) is 6.30. The van der Waals surface area contributed by atoms with E-state index in [1.807, 2.05) is 6.92 Å². The average Bonchev–Trinajstić information content (AvgIpc) is 2.74. The molecular weight excluding hydrogens is 208 g/mol. The molecule has 0 aliphatic rings. The van der Waals surface area contributed by atoms with Crippen LogP contribution in [0.1, 0.15) is 29.5 Å². The van der Waals surface area contributed by atoms with Crippen molar-refractivity contribution in [2.75, 3.05) is 13.7 Å². The van der Waals surface area contributed by atoms with Crippen LogP contribution in [0.3, 0.4) is 0 Å². The third kappa shape index (κ3) is 3.67. The molecule has 0 spiro atoms. The minimum absolute atomic E-state index is 0.0728. The highest BCUT2D eigenvalue weighted by Crippen LogP contribution is 2.07. The number of rotatable bonds is 6. The molecule has 0 radical (unpaired) electrons. The van der Waals surface area contributed by atoms with Gasteiger partial charge in [-0.15, -0.1) is 0 Å². The van der Waals surface area contributed by atoms with Gasteiger partial charge < -0.3 is 20.2 Å². The van der Waals surface area contributed by atoms with Crippen molar-refractivity contribution in [2.24, 2.45) is 5.73 Å². The molecule has 0 aromatic carbocycles. The Morgan fingerprint density at radius 2 is 2.44 bits per heavy atom. The largest absolute Gasteiger partial charge is 0.467 e. The fraction of sp³-hybridized carbons (Fsp3) is 0.545. The zero-order valence-corrected chi connectivity index (χ0v) is 9.66. The first-order valence-corrected chi connectivity index (χ1v) is 5.24. The van der Waals surface area contributed by atoms with Crippen LogP contribution in [0.2, 0.25) is 0 Å². The number of nitrogens with one attached hydrogen (secondary N) is 1. The molecule has 1 aromatic rings. The van der Waals surface area contributed by atoms with Gasteiger partial charge in [-0.3, -0.25) is 4.79 Å². The summed E-state index contributed by atoms with van der Waals surface area (Å²) in [6.07, 6.45) is 2.20. The first-order valence-electron chi connectivity index (χ1n) is 5.24. The predicted molar refractivity (Wildman–Crippen MR) is 60.0 cm³/mol. The second-order valence-corrected chi connectivity index (χ2v) is 3.66. The van der Waals surface area contributed by atoms with E-state index in [0.29, 0.717) is 24.5 Å². The first-order chi connectivity index (χ1) is 7.67. The molecule has 3 N–H and O–H groups in total. The highest BCUT2D eigenvalue weighted by Gasteiger charge is 2.12. The van der Waals surface area contributed by atoms with E-state index in [1.54, 1.807) is 13.2 Å². The molecule has 90 valence electrons. The minimum Gasteiger partial charge on any atom is -0.467 e. The fourth-order valence-corrected chi connectivity index (χ4v) is 1.28. The zero-order valence-electron chi connectivity index (χ0n) is 9.66. The Kier molecular flexibility index (Phi) is 5.01. The lowest BCUT2D eigenvalue weighted by molar-refractivity contribution is 0.0929. The highest BCUT2D eigenvalue weighted by atomic mass is 16.5. The van der Waals surface area contributed by atoms with Crippen LogP contribution >= 0.6 is 0 Å². The SMILES string of the molecule is COCCC(C)NC(=O)c1coc(CN)c1. The van der Waals surface area contributed by atoms with Crippen molar-refractivity contribution >= 4 is 5.91 Å². The summed E-state index contributed by atoms with van der Waals surface area (Å²) in [5.74, 6) is 0.460. The van der Waals surface area contributed by atoms with E-state index < -0.39 is 0 Å². The predicted octanol–water partition coefficient (Wildman–Crippen LogP) is 0.893. The molecule has 1 aromatic heterocycles. The first kappa shape index (κ1) is 12.7. The third-order valence-corrected chi connectivity index (χ3v) is 2.25. The molecular formula is C11H18N2O3. The van der Waals surface area contributed by atoms with Gasteiger partial charge in [0.2, 0.25) is 0 Å². The number of amides is 1. The lowest BCUT2D eigenvalue weighted by Crippen LogP contribution is -2.33. The summed E-state index contributed by atoms with van der Waals surface area (Å²) in [5.41, 5.74) is 5.89. The van der Waals surface area contributed by atoms with Crippen molar-refractivity contribution < 1.29 is 13.9 Å². The molecule has 1 atom stereocenters. The highest BCUT2D eigenvalue weighted by molar-refractivity contribution is 5.94. The summed E-state index contributed by atoms with van der Waals surface area (Å²) in [4.78, 5) is 11.7. The molecule has 5 nitrogen and oxygen atoms in total. The van der Waals surface area contributed by atoms with Gasteiger partial charge >= 0.3 is 0 Å². The Bertz CT molecular complexity index is 336. The zero-order chi connectivity index (χ0) is 12.0. The molecule has 1 heterocycles. The van der Waals surface area contributed by atoms with Gasteiger partial charge in [0.15, 0.2) is 0 Å². The molecule has 16 heavy (non-hydrogen) atoms. The van der Waals surface area contributed by atoms with E-state index in [-0.39, 0.29) is 11.9 Å². The third-order valence-electron chi connectivity index (χ3n) is 2.25. The average molecular weight is 226 g/mol. The van der Waals surface area contributed by atoms with Crippen molar-refractivity contribution in [3.63, 3.8) is 0 Å². The maximum atomic E-state index is 11.7. The monoisotopic (exact) mass is 226 g/mol. The van der Waals surface area contributed by atoms with Crippen LogP contribution in [0.25, 0.3) is 0 Å². The molecule has 0 saturated carbocycles. The van der Waals surface area contributed by atoms with Crippen molar-refractivity contribution in [3.05, 3.63) is 23.7 Å². The molecule has 0 aliphatic heterocycles. The minimum atomic E-state index is -0.146. The molecule has 1 unspecified atom stereocenters. The number of hydrogen-bond acceptors (Lipinski definition) is 4. The number of furan rings is 1. The second-order valence-electron chi connectivity index (χ2n) is 3.66. The van der Waals surface area contributed by atoms with Gasteiger partial charge in [-0.2, -0.15) is 0 Å². The van der Waals surface area contributed by atoms with E-state index >= 15 is 0 Å². The lowest BCUT2D eigenvalue weighted by atomic mass is 10.2. The number of hydrogen-bond donors (Lipinski definition) is 2. The summed E-state index contributed by atoms with van der Waals surface area (Å²) in [6, 6.07) is 1.72. The van der Waals surface area contributed by atoms with Gasteiger partial charge in [-0.05, 0) is 19.4 Å². The molecule has 1 rings (SSSR count). The standard InChI is InChI=1S/C11H18N2O3/c1-8(3-4-15-2)13-11(14)9-5-10(6-12)16-7-9/h5,7-8H,3-4,6,12H2,1-2H3,(H,13,14). The summed E-state index contributed by atoms with van der Waals surface area (Å²) in [7, 11) is 1.64. The van der Waals surface area contributed by atoms with Crippen LogP contribution in [0.5, 0.6) is 0 Å². The van der Waals surface area contributed by atoms with Crippen molar-refractivity contribution in [3.8, 4) is 0 Å². The fourth-order valence-electron chi connectivity index (χ4n) is 1.28. The number of ether oxygens (including phenoxy) is 1. The van der Waals surface area contributed by atoms with Gasteiger partial charge in [0, 0.05) is 19.8 Å². The maximum absolute atomic E-state index is 11.7. The Hall–Kier alpha value is -1.33. The van der Waals surface area contributed by atoms with Crippen molar-refractivity contribution in [2.45, 2.75) is 25.9 Å². The molecule has 0 aliphatic carbocycles. The summed E-state index contributed by atoms with van der Waals surface area (Å²) < 4.78 is 10.0. The smallest absolute Gasteiger partial charge is 0.254 e. The van der Waals surface area contributed by atoms with Gasteiger partial charge in [-0.25, -0.2) is 0 Å². The Morgan fingerprint density at radius 3 is 3.00 bits per heavy atom. The number of carbonyl (C=O) groups excluding carboxylic acids is 1. The van der Waals surface area contributed by atoms with Crippen LogP contribution in [-0.4, -0.2) is 25.7 Å². The van der Waals surface area contributed by atoms with E-state index in [2.05, 4.69) is 5.32 Å². The van der Waals surface area contributed by atoms with Crippen LogP contribution in [0.15, 0.2) is 16.7 Å². The van der Waals surface area contributed by atoms with Crippen molar-refractivity contribution in [1.29, 1.82) is 0 Å². The van der Waals surface area contributed by atoms with Crippen molar-refractivity contribution in [1.82, 2.24) is 5.32 Å². The Balaban J connectivity index is 2.45. The summed E-state index contributed by atoms with van der Waals surface area (Å²) in [5, 5.41) is 2.85. The Labute approximate surface area is 94.9 Å². The van der Waals surface area contributed by atoms with Crippen LogP contribution in [0, 0.1) is 0 Å². The van der Waals surface area contributed by atoms with Gasteiger partial charge in [-0.1, -0.05) is 0 Å². The maximum Gasteiger partial charge on any atom is 0.254 e. The van der Waals surface area contributed by atoms with E-state index in [1.165, 1.54) is 6.26 Å². The molecule has 0 saturated heterocycles. The normalized spacial score (nSPS) is 12.4. The van der Waals surface area contributed by atoms with Crippen LogP contribution in [-0.2, 0) is 11.3 Å². The summed E-state index contributed by atoms with van der Waals surface area (Å²) in [6.45, 7) is 2.86. The van der Waals surface area contributed by atoms with Crippen LogP contribution < -0.4 is 11.1 Å². The Morgan fingerprint density at radius 1 is 1.69 bits per heavy atom. The van der Waals surface area contributed by atoms with E-state index in [0.717, 1.165) is 6.42 Å². The quantitative estimate of drug-likeness (QED) is 0.755. The lowest BCUT2D eigenvalue weighted by Gasteiger charge is -2.12. The summed E-state index contributed by atoms with van der Waals surface area (Å²) >= 11 is 0. The van der Waals surface area contributed by atoms with Gasteiger partial charge in [0.1, 0.15) is 12.0 Å². The van der Waals surface area contributed by atoms with E-state index in [9.17, 15) is 4.79 Å². The number of nitrogens with two attached hydrogens (primary N) is 1. The van der Waals surface area contributed by atoms with Gasteiger partial charge in [0.05, 0.1) is 12.1 Å².